The molecule has 2 heterocycles. The van der Waals surface area contributed by atoms with Gasteiger partial charge >= 0.3 is 0 Å². The van der Waals surface area contributed by atoms with Gasteiger partial charge in [-0.2, -0.15) is 0 Å². The van der Waals surface area contributed by atoms with Crippen LogP contribution in [0, 0.1) is 0 Å². The zero-order chi connectivity index (χ0) is 20.6. The molecule has 0 aliphatic carbocycles. The van der Waals surface area contributed by atoms with Crippen LogP contribution in [0.1, 0.15) is 48.9 Å². The van der Waals surface area contributed by atoms with Crippen LogP contribution in [-0.2, 0) is 10.0 Å². The number of likely N-dealkylation sites (tertiary alicyclic amines) is 1. The first-order valence-electron chi connectivity index (χ1n) is 9.73. The van der Waals surface area contributed by atoms with Gasteiger partial charge in [-0.25, -0.2) is 18.1 Å². The number of hydrogen-bond acceptors (Lipinski definition) is 4. The molecule has 1 fully saturated rings. The van der Waals surface area contributed by atoms with Gasteiger partial charge in [-0.15, -0.1) is 0 Å². The fourth-order valence-corrected chi connectivity index (χ4v) is 5.06. The van der Waals surface area contributed by atoms with Crippen LogP contribution in [0.5, 0.6) is 0 Å². The average molecular weight is 413 g/mol. The number of carbonyl (C=O) groups is 1. The van der Waals surface area contributed by atoms with E-state index in [4.69, 9.17) is 0 Å². The zero-order valence-corrected chi connectivity index (χ0v) is 17.2. The van der Waals surface area contributed by atoms with E-state index in [2.05, 4.69) is 14.7 Å². The van der Waals surface area contributed by atoms with Gasteiger partial charge in [0, 0.05) is 18.2 Å². The maximum Gasteiger partial charge on any atom is 0.254 e. The molecule has 8 heteroatoms. The van der Waals surface area contributed by atoms with Gasteiger partial charge in [-0.05, 0) is 57.0 Å². The SMILES string of the molecule is CC(C)NS(=O)(=O)c1cccc(C(=O)N2CCC[C@@H]2c2nc3ccccc3[nH]2)c1. The van der Waals surface area contributed by atoms with E-state index in [1.54, 1.807) is 30.9 Å². The van der Waals surface area contributed by atoms with Crippen LogP contribution in [0.3, 0.4) is 0 Å². The number of imidazole rings is 1. The fraction of sp³-hybridized carbons (Fsp3) is 0.333. The molecule has 0 radical (unpaired) electrons. The van der Waals surface area contributed by atoms with Crippen molar-refractivity contribution in [3.8, 4) is 0 Å². The van der Waals surface area contributed by atoms with Crippen molar-refractivity contribution < 1.29 is 13.2 Å². The number of para-hydroxylation sites is 2. The van der Waals surface area contributed by atoms with E-state index >= 15 is 0 Å². The van der Waals surface area contributed by atoms with Crippen molar-refractivity contribution in [2.24, 2.45) is 0 Å². The van der Waals surface area contributed by atoms with Crippen LogP contribution >= 0.6 is 0 Å². The van der Waals surface area contributed by atoms with Gasteiger partial charge in [0.2, 0.25) is 10.0 Å². The van der Waals surface area contributed by atoms with Crippen molar-refractivity contribution in [2.45, 2.75) is 43.7 Å². The van der Waals surface area contributed by atoms with Gasteiger partial charge in [0.05, 0.1) is 22.0 Å². The van der Waals surface area contributed by atoms with Gasteiger partial charge in [-0.3, -0.25) is 4.79 Å². The Morgan fingerprint density at radius 2 is 2.00 bits per heavy atom. The molecule has 1 aromatic heterocycles. The van der Waals surface area contributed by atoms with Gasteiger partial charge in [0.15, 0.2) is 0 Å². The van der Waals surface area contributed by atoms with E-state index in [1.165, 1.54) is 12.1 Å². The molecule has 2 N–H and O–H groups in total. The smallest absolute Gasteiger partial charge is 0.254 e. The lowest BCUT2D eigenvalue weighted by molar-refractivity contribution is 0.0730. The summed E-state index contributed by atoms with van der Waals surface area (Å²) in [5.41, 5.74) is 2.17. The number of H-pyrrole nitrogens is 1. The van der Waals surface area contributed by atoms with Crippen molar-refractivity contribution in [1.82, 2.24) is 19.6 Å². The first-order valence-corrected chi connectivity index (χ1v) is 11.2. The third-order valence-corrected chi connectivity index (χ3v) is 6.68. The molecule has 0 spiro atoms. The molecule has 1 aliphatic heterocycles. The summed E-state index contributed by atoms with van der Waals surface area (Å²) in [4.78, 5) is 23.1. The standard InChI is InChI=1S/C21H24N4O3S/c1-14(2)24-29(27,28)16-8-5-7-15(13-16)21(26)25-12-6-11-19(25)20-22-17-9-3-4-10-18(17)23-20/h3-5,7-10,13-14,19,24H,6,11-12H2,1-2H3,(H,22,23)/t19-/m1/s1. The largest absolute Gasteiger partial charge is 0.340 e. The highest BCUT2D eigenvalue weighted by Crippen LogP contribution is 2.32. The van der Waals surface area contributed by atoms with Crippen LogP contribution in [0.2, 0.25) is 0 Å². The Kier molecular flexibility index (Phi) is 5.14. The minimum Gasteiger partial charge on any atom is -0.340 e. The van der Waals surface area contributed by atoms with Crippen LogP contribution in [0.25, 0.3) is 11.0 Å². The number of amides is 1. The van der Waals surface area contributed by atoms with Gasteiger partial charge in [0.1, 0.15) is 5.82 Å². The van der Waals surface area contributed by atoms with Crippen molar-refractivity contribution in [1.29, 1.82) is 0 Å². The van der Waals surface area contributed by atoms with Crippen LogP contribution in [0.15, 0.2) is 53.4 Å². The molecule has 0 saturated carbocycles. The zero-order valence-electron chi connectivity index (χ0n) is 16.4. The summed E-state index contributed by atoms with van der Waals surface area (Å²) in [5.74, 6) is 0.580. The molecular formula is C21H24N4O3S. The summed E-state index contributed by atoms with van der Waals surface area (Å²) in [6.07, 6.45) is 1.69. The Bertz CT molecular complexity index is 1120. The number of aromatic amines is 1. The number of aromatic nitrogens is 2. The Labute approximate surface area is 170 Å². The Hall–Kier alpha value is -2.71. The quantitative estimate of drug-likeness (QED) is 0.673. The molecule has 2 aromatic carbocycles. The summed E-state index contributed by atoms with van der Waals surface area (Å²) >= 11 is 0. The maximum absolute atomic E-state index is 13.2. The first-order chi connectivity index (χ1) is 13.8. The van der Waals surface area contributed by atoms with Crippen molar-refractivity contribution in [3.63, 3.8) is 0 Å². The highest BCUT2D eigenvalue weighted by atomic mass is 32.2. The fourth-order valence-electron chi connectivity index (χ4n) is 3.76. The molecule has 1 saturated heterocycles. The molecular weight excluding hydrogens is 388 g/mol. The summed E-state index contributed by atoms with van der Waals surface area (Å²) < 4.78 is 27.5. The van der Waals surface area contributed by atoms with E-state index < -0.39 is 10.0 Å². The Morgan fingerprint density at radius 1 is 1.21 bits per heavy atom. The Balaban J connectivity index is 1.62. The lowest BCUT2D eigenvalue weighted by atomic mass is 10.1. The van der Waals surface area contributed by atoms with Crippen molar-refractivity contribution in [3.05, 3.63) is 59.9 Å². The molecule has 1 aliphatic rings. The summed E-state index contributed by atoms with van der Waals surface area (Å²) in [7, 11) is -3.66. The van der Waals surface area contributed by atoms with Crippen LogP contribution in [-0.4, -0.2) is 41.8 Å². The molecule has 1 amide bonds. The molecule has 4 rings (SSSR count). The third-order valence-electron chi connectivity index (χ3n) is 5.02. The predicted molar refractivity (Wildman–Crippen MR) is 111 cm³/mol. The van der Waals surface area contributed by atoms with Gasteiger partial charge in [0.25, 0.3) is 5.91 Å². The second-order valence-corrected chi connectivity index (χ2v) is 9.31. The number of nitrogens with zero attached hydrogens (tertiary/aromatic N) is 2. The number of fused-ring (bicyclic) bond motifs is 1. The number of nitrogens with one attached hydrogen (secondary N) is 2. The number of rotatable bonds is 5. The summed E-state index contributed by atoms with van der Waals surface area (Å²) in [6, 6.07) is 13.6. The van der Waals surface area contributed by atoms with Crippen LogP contribution in [0.4, 0.5) is 0 Å². The number of carbonyl (C=O) groups excluding carboxylic acids is 1. The topological polar surface area (TPSA) is 95.2 Å². The molecule has 152 valence electrons. The average Bonchev–Trinajstić information content (AvgIpc) is 3.33. The Morgan fingerprint density at radius 3 is 2.76 bits per heavy atom. The lowest BCUT2D eigenvalue weighted by Crippen LogP contribution is -2.32. The van der Waals surface area contributed by atoms with E-state index in [9.17, 15) is 13.2 Å². The normalized spacial score (nSPS) is 17.3. The maximum atomic E-state index is 13.2. The number of sulfonamides is 1. The predicted octanol–water partition coefficient (Wildman–Crippen LogP) is 3.23. The second kappa shape index (κ2) is 7.61. The molecule has 7 nitrogen and oxygen atoms in total. The highest BCUT2D eigenvalue weighted by Gasteiger charge is 2.33. The number of benzene rings is 2. The summed E-state index contributed by atoms with van der Waals surface area (Å²) in [6.45, 7) is 4.13. The minimum atomic E-state index is -3.66. The van der Waals surface area contributed by atoms with Gasteiger partial charge in [-0.1, -0.05) is 18.2 Å². The van der Waals surface area contributed by atoms with E-state index in [1.807, 2.05) is 24.3 Å². The number of hydrogen-bond donors (Lipinski definition) is 2. The minimum absolute atomic E-state index is 0.0940. The molecule has 0 unspecified atom stereocenters. The second-order valence-electron chi connectivity index (χ2n) is 7.60. The van der Waals surface area contributed by atoms with E-state index in [0.717, 1.165) is 29.7 Å². The lowest BCUT2D eigenvalue weighted by Gasteiger charge is -2.23. The molecule has 0 bridgehead atoms. The summed E-state index contributed by atoms with van der Waals surface area (Å²) in [5, 5.41) is 0. The molecule has 1 atom stereocenters. The molecule has 3 aromatic rings. The highest BCUT2D eigenvalue weighted by molar-refractivity contribution is 7.89. The van der Waals surface area contributed by atoms with Crippen molar-refractivity contribution in [2.75, 3.05) is 6.54 Å². The first kappa shape index (κ1) is 19.6. The third kappa shape index (κ3) is 3.90. The monoisotopic (exact) mass is 412 g/mol. The molecule has 29 heavy (non-hydrogen) atoms. The van der Waals surface area contributed by atoms with Gasteiger partial charge < -0.3 is 9.88 Å². The van der Waals surface area contributed by atoms with Crippen LogP contribution < -0.4 is 4.72 Å². The van der Waals surface area contributed by atoms with Crippen molar-refractivity contribution >= 4 is 27.0 Å². The van der Waals surface area contributed by atoms with E-state index in [-0.39, 0.29) is 22.9 Å². The van der Waals surface area contributed by atoms with E-state index in [0.29, 0.717) is 12.1 Å².